The fraction of sp³-hybridized carbons (Fsp3) is 0.474. The number of aryl methyl sites for hydroxylation is 2. The Labute approximate surface area is 178 Å². The summed E-state index contributed by atoms with van der Waals surface area (Å²) in [7, 11) is 0. The van der Waals surface area contributed by atoms with E-state index in [1.165, 1.54) is 10.5 Å². The van der Waals surface area contributed by atoms with Crippen molar-refractivity contribution in [1.82, 2.24) is 20.8 Å². The summed E-state index contributed by atoms with van der Waals surface area (Å²) in [6.07, 6.45) is 3.99. The summed E-state index contributed by atoms with van der Waals surface area (Å²) in [6.45, 7) is 8.92. The summed E-state index contributed by atoms with van der Waals surface area (Å²) in [5.41, 5.74) is 2.45. The van der Waals surface area contributed by atoms with Crippen LogP contribution < -0.4 is 10.6 Å². The van der Waals surface area contributed by atoms with E-state index in [9.17, 15) is 0 Å². The standard InChI is InChI=1S/C19H29N5S.HI/c1-4-20-19(21-12-8-9-17-14-23-24-16(17)3)22-13-15(2)25-18-10-6-5-7-11-18;/h5-7,10-11,14-15H,4,8-9,12-13H2,1-3H3,(H,23,24)(H2,20,21,22);1H. The van der Waals surface area contributed by atoms with Crippen LogP contribution in [-0.4, -0.2) is 41.0 Å². The van der Waals surface area contributed by atoms with Crippen molar-refractivity contribution < 1.29 is 0 Å². The lowest BCUT2D eigenvalue weighted by Crippen LogP contribution is -2.38. The highest BCUT2D eigenvalue weighted by Crippen LogP contribution is 2.22. The summed E-state index contributed by atoms with van der Waals surface area (Å²) in [5, 5.41) is 14.2. The number of hydrogen-bond acceptors (Lipinski definition) is 3. The summed E-state index contributed by atoms with van der Waals surface area (Å²) in [6, 6.07) is 10.5. The summed E-state index contributed by atoms with van der Waals surface area (Å²) in [5.74, 6) is 0.895. The minimum Gasteiger partial charge on any atom is -0.357 e. The average molecular weight is 487 g/mol. The predicted molar refractivity (Wildman–Crippen MR) is 123 cm³/mol. The molecule has 0 spiro atoms. The Hall–Kier alpha value is -1.22. The maximum absolute atomic E-state index is 4.72. The molecule has 2 aromatic rings. The summed E-state index contributed by atoms with van der Waals surface area (Å²) < 4.78 is 0. The fourth-order valence-electron chi connectivity index (χ4n) is 2.44. The van der Waals surface area contributed by atoms with E-state index in [0.717, 1.165) is 44.1 Å². The van der Waals surface area contributed by atoms with E-state index in [4.69, 9.17) is 4.99 Å². The SMILES string of the molecule is CCNC(=NCC(C)Sc1ccccc1)NCCCc1cn[nH]c1C.I. The number of aromatic amines is 1. The van der Waals surface area contributed by atoms with Gasteiger partial charge in [0, 0.05) is 28.9 Å². The van der Waals surface area contributed by atoms with Crippen LogP contribution in [0.1, 0.15) is 31.5 Å². The molecule has 0 aliphatic heterocycles. The maximum atomic E-state index is 4.72. The van der Waals surface area contributed by atoms with Gasteiger partial charge in [0.1, 0.15) is 0 Å². The first-order chi connectivity index (χ1) is 12.2. The fourth-order valence-corrected chi connectivity index (χ4v) is 3.37. The van der Waals surface area contributed by atoms with E-state index in [1.807, 2.05) is 24.0 Å². The maximum Gasteiger partial charge on any atom is 0.191 e. The molecular formula is C19H30IN5S. The molecule has 0 bridgehead atoms. The molecule has 2 rings (SSSR count). The van der Waals surface area contributed by atoms with Crippen molar-refractivity contribution in [2.75, 3.05) is 19.6 Å². The van der Waals surface area contributed by atoms with Crippen molar-refractivity contribution in [2.45, 2.75) is 43.8 Å². The summed E-state index contributed by atoms with van der Waals surface area (Å²) in [4.78, 5) is 6.01. The van der Waals surface area contributed by atoms with E-state index in [-0.39, 0.29) is 24.0 Å². The molecule has 1 heterocycles. The van der Waals surface area contributed by atoms with Crippen molar-refractivity contribution in [2.24, 2.45) is 4.99 Å². The zero-order valence-corrected chi connectivity index (χ0v) is 18.9. The highest BCUT2D eigenvalue weighted by Gasteiger charge is 2.05. The second kappa shape index (κ2) is 13.0. The van der Waals surface area contributed by atoms with Crippen LogP contribution in [0, 0.1) is 6.92 Å². The Balaban J connectivity index is 0.00000338. The lowest BCUT2D eigenvalue weighted by atomic mass is 10.1. The number of thioether (sulfide) groups is 1. The van der Waals surface area contributed by atoms with Crippen LogP contribution in [0.25, 0.3) is 0 Å². The van der Waals surface area contributed by atoms with Crippen LogP contribution >= 0.6 is 35.7 Å². The molecule has 7 heteroatoms. The van der Waals surface area contributed by atoms with E-state index < -0.39 is 0 Å². The van der Waals surface area contributed by atoms with E-state index in [1.54, 1.807) is 0 Å². The molecular weight excluding hydrogens is 457 g/mol. The number of H-pyrrole nitrogens is 1. The van der Waals surface area contributed by atoms with Gasteiger partial charge < -0.3 is 10.6 Å². The van der Waals surface area contributed by atoms with Gasteiger partial charge in [-0.1, -0.05) is 25.1 Å². The average Bonchev–Trinajstić information content (AvgIpc) is 3.02. The number of aliphatic imine (C=N–C) groups is 1. The van der Waals surface area contributed by atoms with Crippen LogP contribution in [0.2, 0.25) is 0 Å². The van der Waals surface area contributed by atoms with Gasteiger partial charge in [0.25, 0.3) is 0 Å². The monoisotopic (exact) mass is 487 g/mol. The van der Waals surface area contributed by atoms with Gasteiger partial charge in [0.15, 0.2) is 5.96 Å². The van der Waals surface area contributed by atoms with Crippen molar-refractivity contribution in [1.29, 1.82) is 0 Å². The third kappa shape index (κ3) is 8.44. The Kier molecular flexibility index (Phi) is 11.4. The van der Waals surface area contributed by atoms with Gasteiger partial charge in [-0.05, 0) is 44.4 Å². The number of nitrogens with one attached hydrogen (secondary N) is 3. The third-order valence-corrected chi connectivity index (χ3v) is 4.88. The van der Waals surface area contributed by atoms with Gasteiger partial charge in [-0.15, -0.1) is 35.7 Å². The minimum absolute atomic E-state index is 0. The molecule has 0 aliphatic rings. The first kappa shape index (κ1) is 22.8. The van der Waals surface area contributed by atoms with Crippen LogP contribution in [0.5, 0.6) is 0 Å². The number of aromatic nitrogens is 2. The molecule has 1 unspecified atom stereocenters. The predicted octanol–water partition coefficient (Wildman–Crippen LogP) is 4.00. The lowest BCUT2D eigenvalue weighted by molar-refractivity contribution is 0.741. The molecule has 0 radical (unpaired) electrons. The van der Waals surface area contributed by atoms with Crippen molar-refractivity contribution in [3.63, 3.8) is 0 Å². The molecule has 1 atom stereocenters. The van der Waals surface area contributed by atoms with Crippen molar-refractivity contribution >= 4 is 41.7 Å². The first-order valence-electron chi connectivity index (χ1n) is 8.91. The molecule has 5 nitrogen and oxygen atoms in total. The van der Waals surface area contributed by atoms with Gasteiger partial charge >= 0.3 is 0 Å². The van der Waals surface area contributed by atoms with Crippen molar-refractivity contribution in [3.8, 4) is 0 Å². The Morgan fingerprint density at radius 2 is 2.04 bits per heavy atom. The minimum atomic E-state index is 0. The molecule has 3 N–H and O–H groups in total. The second-order valence-corrected chi connectivity index (χ2v) is 7.52. The molecule has 0 aliphatic carbocycles. The molecule has 0 saturated carbocycles. The molecule has 0 saturated heterocycles. The first-order valence-corrected chi connectivity index (χ1v) is 9.79. The Bertz CT molecular complexity index is 644. The van der Waals surface area contributed by atoms with Crippen LogP contribution in [0.3, 0.4) is 0 Å². The largest absolute Gasteiger partial charge is 0.357 e. The molecule has 0 amide bonds. The van der Waals surface area contributed by atoms with E-state index in [2.05, 4.69) is 65.9 Å². The number of hydrogen-bond donors (Lipinski definition) is 3. The van der Waals surface area contributed by atoms with Gasteiger partial charge in [-0.2, -0.15) is 5.10 Å². The van der Waals surface area contributed by atoms with Crippen LogP contribution in [-0.2, 0) is 6.42 Å². The smallest absolute Gasteiger partial charge is 0.191 e. The second-order valence-electron chi connectivity index (χ2n) is 6.01. The van der Waals surface area contributed by atoms with Crippen LogP contribution in [0.15, 0.2) is 46.4 Å². The Morgan fingerprint density at radius 1 is 1.27 bits per heavy atom. The van der Waals surface area contributed by atoms with Gasteiger partial charge in [-0.25, -0.2) is 0 Å². The van der Waals surface area contributed by atoms with E-state index in [0.29, 0.717) is 5.25 Å². The van der Waals surface area contributed by atoms with Crippen molar-refractivity contribution in [3.05, 3.63) is 47.8 Å². The number of nitrogens with zero attached hydrogens (tertiary/aromatic N) is 2. The van der Waals surface area contributed by atoms with Gasteiger partial charge in [0.05, 0.1) is 12.7 Å². The third-order valence-electron chi connectivity index (χ3n) is 3.78. The number of halogens is 1. The zero-order chi connectivity index (χ0) is 17.9. The molecule has 144 valence electrons. The molecule has 1 aromatic carbocycles. The highest BCUT2D eigenvalue weighted by atomic mass is 127. The zero-order valence-electron chi connectivity index (χ0n) is 15.8. The molecule has 26 heavy (non-hydrogen) atoms. The number of guanidine groups is 1. The summed E-state index contributed by atoms with van der Waals surface area (Å²) >= 11 is 1.86. The lowest BCUT2D eigenvalue weighted by Gasteiger charge is -2.13. The van der Waals surface area contributed by atoms with Crippen LogP contribution in [0.4, 0.5) is 0 Å². The quantitative estimate of drug-likeness (QED) is 0.165. The molecule has 0 fully saturated rings. The highest BCUT2D eigenvalue weighted by molar-refractivity contribution is 14.0. The van der Waals surface area contributed by atoms with Gasteiger partial charge in [-0.3, -0.25) is 10.1 Å². The topological polar surface area (TPSA) is 65.1 Å². The van der Waals surface area contributed by atoms with E-state index >= 15 is 0 Å². The Morgan fingerprint density at radius 3 is 2.69 bits per heavy atom. The van der Waals surface area contributed by atoms with Gasteiger partial charge in [0.2, 0.25) is 0 Å². The number of benzene rings is 1. The normalized spacial score (nSPS) is 12.3. The molecule has 1 aromatic heterocycles. The number of rotatable bonds is 9.